The van der Waals surface area contributed by atoms with E-state index in [1.54, 1.807) is 6.07 Å². The van der Waals surface area contributed by atoms with Gasteiger partial charge in [0.2, 0.25) is 10.0 Å². The van der Waals surface area contributed by atoms with Crippen LogP contribution in [-0.2, 0) is 10.0 Å². The summed E-state index contributed by atoms with van der Waals surface area (Å²) in [5.41, 5.74) is 5.71. The van der Waals surface area contributed by atoms with E-state index in [-0.39, 0.29) is 15.6 Å². The van der Waals surface area contributed by atoms with Crippen LogP contribution in [0.1, 0.15) is 32.4 Å². The molecule has 0 radical (unpaired) electrons. The molecule has 0 aliphatic carbocycles. The van der Waals surface area contributed by atoms with Crippen molar-refractivity contribution < 1.29 is 8.42 Å². The lowest BCUT2D eigenvalue weighted by molar-refractivity contribution is 0.409. The molecule has 5 nitrogen and oxygen atoms in total. The number of rotatable bonds is 7. The van der Waals surface area contributed by atoms with Gasteiger partial charge in [-0.25, -0.2) is 8.42 Å². The standard InChI is InChI=1S/C12H19N3O2S2/c1-3-8-15(9-4-2)19(16,17)10-6-5-7-14-11(10)12(13)18/h5-7H,3-4,8-9H2,1-2H3,(H2,13,18). The summed E-state index contributed by atoms with van der Waals surface area (Å²) in [7, 11) is -3.60. The molecular formula is C12H19N3O2S2. The molecule has 106 valence electrons. The highest BCUT2D eigenvalue weighted by molar-refractivity contribution is 7.89. The maximum atomic E-state index is 12.6. The molecule has 0 fully saturated rings. The number of sulfonamides is 1. The predicted molar refractivity (Wildman–Crippen MR) is 79.5 cm³/mol. The Morgan fingerprint density at radius 1 is 1.37 bits per heavy atom. The van der Waals surface area contributed by atoms with E-state index in [4.69, 9.17) is 18.0 Å². The van der Waals surface area contributed by atoms with Gasteiger partial charge < -0.3 is 5.73 Å². The number of hydrogen-bond acceptors (Lipinski definition) is 4. The second kappa shape index (κ2) is 6.93. The fraction of sp³-hybridized carbons (Fsp3) is 0.500. The van der Waals surface area contributed by atoms with Gasteiger partial charge in [0.05, 0.1) is 0 Å². The number of thiocarbonyl (C=S) groups is 1. The summed E-state index contributed by atoms with van der Waals surface area (Å²) in [4.78, 5) is 4.06. The van der Waals surface area contributed by atoms with Crippen LogP contribution in [0.25, 0.3) is 0 Å². The minimum absolute atomic E-state index is 0.00729. The van der Waals surface area contributed by atoms with Gasteiger partial charge in [-0.15, -0.1) is 0 Å². The fourth-order valence-corrected chi connectivity index (χ4v) is 3.78. The van der Waals surface area contributed by atoms with Crippen LogP contribution in [0.2, 0.25) is 0 Å². The van der Waals surface area contributed by atoms with Crippen LogP contribution < -0.4 is 5.73 Å². The van der Waals surface area contributed by atoms with Crippen LogP contribution in [-0.4, -0.2) is 35.8 Å². The summed E-state index contributed by atoms with van der Waals surface area (Å²) >= 11 is 4.87. The molecule has 0 bridgehead atoms. The van der Waals surface area contributed by atoms with Crippen LogP contribution in [0.4, 0.5) is 0 Å². The summed E-state index contributed by atoms with van der Waals surface area (Å²) in [5.74, 6) is 0. The number of pyridine rings is 1. The number of aromatic nitrogens is 1. The van der Waals surface area contributed by atoms with Crippen LogP contribution >= 0.6 is 12.2 Å². The number of nitrogens with two attached hydrogens (primary N) is 1. The molecule has 7 heteroatoms. The van der Waals surface area contributed by atoms with Crippen LogP contribution in [0, 0.1) is 0 Å². The van der Waals surface area contributed by atoms with E-state index in [0.717, 1.165) is 12.8 Å². The first kappa shape index (κ1) is 16.0. The van der Waals surface area contributed by atoms with Gasteiger partial charge in [-0.3, -0.25) is 4.98 Å². The van der Waals surface area contributed by atoms with E-state index in [2.05, 4.69) is 4.98 Å². The van der Waals surface area contributed by atoms with Crippen molar-refractivity contribution in [3.63, 3.8) is 0 Å². The first-order chi connectivity index (χ1) is 8.95. The summed E-state index contributed by atoms with van der Waals surface area (Å²) in [6.45, 7) is 4.83. The highest BCUT2D eigenvalue weighted by Crippen LogP contribution is 2.19. The molecule has 0 aliphatic heterocycles. The van der Waals surface area contributed by atoms with Gasteiger partial charge in [0.15, 0.2) is 0 Å². The Hall–Kier alpha value is -1.05. The van der Waals surface area contributed by atoms with E-state index < -0.39 is 10.0 Å². The fourth-order valence-electron chi connectivity index (χ4n) is 1.77. The van der Waals surface area contributed by atoms with Crippen molar-refractivity contribution in [3.05, 3.63) is 24.0 Å². The van der Waals surface area contributed by atoms with E-state index >= 15 is 0 Å². The van der Waals surface area contributed by atoms with Crippen molar-refractivity contribution in [1.29, 1.82) is 0 Å². The van der Waals surface area contributed by atoms with E-state index in [1.807, 2.05) is 13.8 Å². The zero-order valence-electron chi connectivity index (χ0n) is 11.2. The Labute approximate surface area is 119 Å². The van der Waals surface area contributed by atoms with Crippen LogP contribution in [0.5, 0.6) is 0 Å². The second-order valence-corrected chi connectivity index (χ2v) is 6.46. The van der Waals surface area contributed by atoms with Gasteiger partial charge >= 0.3 is 0 Å². The van der Waals surface area contributed by atoms with Crippen LogP contribution in [0.15, 0.2) is 23.2 Å². The second-order valence-electron chi connectivity index (χ2n) is 4.12. The molecule has 0 saturated heterocycles. The van der Waals surface area contributed by atoms with Gasteiger partial charge in [0, 0.05) is 19.3 Å². The lowest BCUT2D eigenvalue weighted by atomic mass is 10.3. The summed E-state index contributed by atoms with van der Waals surface area (Å²) in [5, 5.41) is 0. The van der Waals surface area contributed by atoms with Crippen molar-refractivity contribution in [2.75, 3.05) is 13.1 Å². The molecule has 0 aliphatic rings. The average molecular weight is 301 g/mol. The smallest absolute Gasteiger partial charge is 0.245 e. The molecule has 1 aromatic heterocycles. The zero-order valence-corrected chi connectivity index (χ0v) is 12.8. The Balaban J connectivity index is 3.29. The predicted octanol–water partition coefficient (Wildman–Crippen LogP) is 1.53. The molecule has 19 heavy (non-hydrogen) atoms. The summed E-state index contributed by atoms with van der Waals surface area (Å²) in [6, 6.07) is 3.07. The van der Waals surface area contributed by atoms with Crippen molar-refractivity contribution in [3.8, 4) is 0 Å². The Morgan fingerprint density at radius 2 is 1.95 bits per heavy atom. The molecular weight excluding hydrogens is 282 g/mol. The lowest BCUT2D eigenvalue weighted by Crippen LogP contribution is -2.34. The minimum Gasteiger partial charge on any atom is -0.388 e. The molecule has 0 unspecified atom stereocenters. The minimum atomic E-state index is -3.60. The van der Waals surface area contributed by atoms with Gasteiger partial charge in [-0.2, -0.15) is 4.31 Å². The molecule has 0 aromatic carbocycles. The summed E-state index contributed by atoms with van der Waals surface area (Å²) < 4.78 is 26.7. The highest BCUT2D eigenvalue weighted by Gasteiger charge is 2.27. The SMILES string of the molecule is CCCN(CCC)S(=O)(=O)c1cccnc1C(N)=S. The van der Waals surface area contributed by atoms with Crippen molar-refractivity contribution >= 4 is 27.2 Å². The monoisotopic (exact) mass is 301 g/mol. The largest absolute Gasteiger partial charge is 0.388 e. The Bertz CT molecular complexity index is 538. The van der Waals surface area contributed by atoms with Crippen molar-refractivity contribution in [2.45, 2.75) is 31.6 Å². The number of hydrogen-bond donors (Lipinski definition) is 1. The van der Waals surface area contributed by atoms with Crippen molar-refractivity contribution in [1.82, 2.24) is 9.29 Å². The van der Waals surface area contributed by atoms with Gasteiger partial charge in [0.1, 0.15) is 15.6 Å². The Kier molecular flexibility index (Phi) is 5.84. The van der Waals surface area contributed by atoms with Crippen LogP contribution in [0.3, 0.4) is 0 Å². The molecule has 1 aromatic rings. The molecule has 1 heterocycles. The third-order valence-electron chi connectivity index (χ3n) is 2.57. The maximum Gasteiger partial charge on any atom is 0.245 e. The Morgan fingerprint density at radius 3 is 2.42 bits per heavy atom. The first-order valence-corrected chi connectivity index (χ1v) is 8.04. The maximum absolute atomic E-state index is 12.6. The lowest BCUT2D eigenvalue weighted by Gasteiger charge is -2.21. The topological polar surface area (TPSA) is 76.3 Å². The zero-order chi connectivity index (χ0) is 14.5. The molecule has 0 amide bonds. The van der Waals surface area contributed by atoms with E-state index in [0.29, 0.717) is 13.1 Å². The van der Waals surface area contributed by atoms with Gasteiger partial charge in [0.25, 0.3) is 0 Å². The summed E-state index contributed by atoms with van der Waals surface area (Å²) in [6.07, 6.45) is 2.99. The van der Waals surface area contributed by atoms with E-state index in [9.17, 15) is 8.42 Å². The molecule has 0 atom stereocenters. The number of nitrogens with zero attached hydrogens (tertiary/aromatic N) is 2. The average Bonchev–Trinajstić information content (AvgIpc) is 2.38. The van der Waals surface area contributed by atoms with E-state index in [1.165, 1.54) is 16.6 Å². The van der Waals surface area contributed by atoms with Crippen molar-refractivity contribution in [2.24, 2.45) is 5.73 Å². The molecule has 1 rings (SSSR count). The van der Waals surface area contributed by atoms with Gasteiger partial charge in [-0.1, -0.05) is 26.1 Å². The van der Waals surface area contributed by atoms with Gasteiger partial charge in [-0.05, 0) is 25.0 Å². The third-order valence-corrected chi connectivity index (χ3v) is 4.69. The first-order valence-electron chi connectivity index (χ1n) is 6.20. The quantitative estimate of drug-likeness (QED) is 0.773. The third kappa shape index (κ3) is 3.71. The molecule has 0 spiro atoms. The molecule has 0 saturated carbocycles. The highest BCUT2D eigenvalue weighted by atomic mass is 32.2. The normalized spacial score (nSPS) is 11.7. The molecule has 2 N–H and O–H groups in total.